The number of ketones is 1. The Kier molecular flexibility index (Phi) is 5.18. The predicted octanol–water partition coefficient (Wildman–Crippen LogP) is 5.67. The highest BCUT2D eigenvalue weighted by Crippen LogP contribution is 2.44. The molecule has 2 aromatic carbocycles. The van der Waals surface area contributed by atoms with Crippen LogP contribution in [0.15, 0.2) is 54.4 Å². The molecule has 0 saturated carbocycles. The highest BCUT2D eigenvalue weighted by Gasteiger charge is 2.35. The number of ether oxygens (including phenoxy) is 2. The molecule has 2 aliphatic heterocycles. The van der Waals surface area contributed by atoms with Gasteiger partial charge in [-0.3, -0.25) is 14.7 Å². The van der Waals surface area contributed by atoms with Crippen molar-refractivity contribution in [1.29, 1.82) is 0 Å². The van der Waals surface area contributed by atoms with E-state index in [4.69, 9.17) is 32.7 Å². The van der Waals surface area contributed by atoms with Gasteiger partial charge in [0.2, 0.25) is 5.78 Å². The first-order chi connectivity index (χ1) is 15.0. The molecule has 5 nitrogen and oxygen atoms in total. The van der Waals surface area contributed by atoms with E-state index in [0.29, 0.717) is 46.9 Å². The fourth-order valence-corrected chi connectivity index (χ4v) is 4.33. The van der Waals surface area contributed by atoms with Gasteiger partial charge in [-0.15, -0.1) is 0 Å². The summed E-state index contributed by atoms with van der Waals surface area (Å²) in [5.41, 5.74) is 3.89. The van der Waals surface area contributed by atoms with Crippen LogP contribution in [-0.4, -0.2) is 22.4 Å². The van der Waals surface area contributed by atoms with Gasteiger partial charge in [0.25, 0.3) is 0 Å². The van der Waals surface area contributed by atoms with Gasteiger partial charge in [-0.1, -0.05) is 35.3 Å². The molecule has 3 heterocycles. The molecule has 0 unspecified atom stereocenters. The molecule has 0 fully saturated rings. The minimum absolute atomic E-state index is 0.140. The van der Waals surface area contributed by atoms with E-state index >= 15 is 0 Å². The van der Waals surface area contributed by atoms with Crippen molar-refractivity contribution in [3.05, 3.63) is 92.4 Å². The molecule has 0 bridgehead atoms. The van der Waals surface area contributed by atoms with Crippen LogP contribution in [0.1, 0.15) is 32.7 Å². The number of Topliss-reactive ketones (excluding diaryl/α,β-unsaturated/α-hetero) is 1. The number of fused-ring (bicyclic) bond motifs is 3. The first-order valence-corrected chi connectivity index (χ1v) is 10.6. The van der Waals surface area contributed by atoms with Gasteiger partial charge in [0.15, 0.2) is 5.76 Å². The molecule has 7 heteroatoms. The Labute approximate surface area is 189 Å². The summed E-state index contributed by atoms with van der Waals surface area (Å²) in [5.74, 6) is 1.43. The molecule has 0 atom stereocenters. The Morgan fingerprint density at radius 2 is 2.06 bits per heavy atom. The lowest BCUT2D eigenvalue weighted by Gasteiger charge is -2.30. The van der Waals surface area contributed by atoms with E-state index in [1.54, 1.807) is 18.3 Å². The summed E-state index contributed by atoms with van der Waals surface area (Å²) in [6, 6.07) is 12.9. The monoisotopic (exact) mass is 452 g/mol. The number of carbonyl (C=O) groups is 1. The van der Waals surface area contributed by atoms with Gasteiger partial charge in [0.05, 0.1) is 16.8 Å². The fraction of sp³-hybridized carbons (Fsp3) is 0.167. The van der Waals surface area contributed by atoms with Gasteiger partial charge in [-0.2, -0.15) is 0 Å². The van der Waals surface area contributed by atoms with E-state index in [0.717, 1.165) is 22.4 Å². The smallest absolute Gasteiger partial charge is 0.232 e. The summed E-state index contributed by atoms with van der Waals surface area (Å²) in [4.78, 5) is 19.4. The molecule has 0 N–H and O–H groups in total. The molecule has 0 amide bonds. The first-order valence-electron chi connectivity index (χ1n) is 9.80. The largest absolute Gasteiger partial charge is 0.478 e. The molecule has 0 radical (unpaired) electrons. The molecular weight excluding hydrogens is 435 g/mol. The van der Waals surface area contributed by atoms with Gasteiger partial charge in [0.1, 0.15) is 18.2 Å². The van der Waals surface area contributed by atoms with Crippen LogP contribution < -0.4 is 9.47 Å². The number of aromatic nitrogens is 1. The quantitative estimate of drug-likeness (QED) is 0.479. The van der Waals surface area contributed by atoms with Crippen LogP contribution in [0, 0.1) is 6.92 Å². The van der Waals surface area contributed by atoms with E-state index in [2.05, 4.69) is 9.88 Å². The second kappa shape index (κ2) is 8.00. The first kappa shape index (κ1) is 20.1. The normalized spacial score (nSPS) is 16.6. The Hall–Kier alpha value is -2.86. The zero-order chi connectivity index (χ0) is 21.5. The van der Waals surface area contributed by atoms with Crippen LogP contribution >= 0.6 is 23.2 Å². The summed E-state index contributed by atoms with van der Waals surface area (Å²) in [6.45, 7) is 3.46. The van der Waals surface area contributed by atoms with Crippen LogP contribution in [-0.2, 0) is 13.1 Å². The minimum Gasteiger partial charge on any atom is -0.478 e. The number of rotatable bonds is 3. The molecule has 0 aliphatic carbocycles. The summed E-state index contributed by atoms with van der Waals surface area (Å²) in [5, 5.41) is 1.21. The number of benzene rings is 2. The van der Waals surface area contributed by atoms with Crippen molar-refractivity contribution in [2.45, 2.75) is 20.0 Å². The summed E-state index contributed by atoms with van der Waals surface area (Å²) in [7, 11) is 0. The maximum Gasteiger partial charge on any atom is 0.232 e. The predicted molar refractivity (Wildman–Crippen MR) is 120 cm³/mol. The van der Waals surface area contributed by atoms with Crippen molar-refractivity contribution in [3.8, 4) is 11.5 Å². The van der Waals surface area contributed by atoms with Crippen molar-refractivity contribution < 1.29 is 14.3 Å². The van der Waals surface area contributed by atoms with Gasteiger partial charge < -0.3 is 9.47 Å². The third kappa shape index (κ3) is 3.81. The SMILES string of the molecule is Cc1cc2c(c3c1C(=O)/C(=C/c1ccccn1)O3)CN(Cc1ccc(Cl)cc1Cl)CO2. The van der Waals surface area contributed by atoms with E-state index in [-0.39, 0.29) is 11.5 Å². The number of hydrogen-bond acceptors (Lipinski definition) is 5. The molecule has 5 rings (SSSR count). The van der Waals surface area contributed by atoms with Crippen molar-refractivity contribution in [2.24, 2.45) is 0 Å². The molecule has 1 aromatic heterocycles. The average Bonchev–Trinajstić information content (AvgIpc) is 3.08. The maximum atomic E-state index is 13.1. The standard InChI is InChI=1S/C24H18Cl2N2O3/c1-14-8-20-18(12-28(13-30-20)11-15-5-6-16(25)9-19(15)26)24-22(14)23(29)21(31-24)10-17-4-2-3-7-27-17/h2-10H,11-13H2,1H3/b21-10-. The zero-order valence-electron chi connectivity index (χ0n) is 16.7. The number of aryl methyl sites for hydroxylation is 1. The lowest BCUT2D eigenvalue weighted by molar-refractivity contribution is 0.0872. The Balaban J connectivity index is 1.46. The zero-order valence-corrected chi connectivity index (χ0v) is 18.2. The van der Waals surface area contributed by atoms with Gasteiger partial charge >= 0.3 is 0 Å². The summed E-state index contributed by atoms with van der Waals surface area (Å²) in [6.07, 6.45) is 3.35. The molecule has 31 heavy (non-hydrogen) atoms. The highest BCUT2D eigenvalue weighted by atomic mass is 35.5. The number of hydrogen-bond donors (Lipinski definition) is 0. The van der Waals surface area contributed by atoms with E-state index in [1.807, 2.05) is 43.3 Å². The number of nitrogens with zero attached hydrogens (tertiary/aromatic N) is 2. The van der Waals surface area contributed by atoms with Crippen LogP contribution in [0.2, 0.25) is 10.0 Å². The maximum absolute atomic E-state index is 13.1. The van der Waals surface area contributed by atoms with Crippen molar-refractivity contribution in [2.75, 3.05) is 6.73 Å². The molecule has 0 saturated heterocycles. The van der Waals surface area contributed by atoms with E-state index in [9.17, 15) is 4.79 Å². The lowest BCUT2D eigenvalue weighted by atomic mass is 9.98. The highest BCUT2D eigenvalue weighted by molar-refractivity contribution is 6.35. The third-order valence-corrected chi connectivity index (χ3v) is 5.95. The number of pyridine rings is 1. The van der Waals surface area contributed by atoms with E-state index in [1.165, 1.54) is 0 Å². The van der Waals surface area contributed by atoms with Crippen LogP contribution in [0.5, 0.6) is 11.5 Å². The number of halogens is 2. The molecule has 0 spiro atoms. The molecular formula is C24H18Cl2N2O3. The third-order valence-electron chi connectivity index (χ3n) is 5.36. The fourth-order valence-electron chi connectivity index (χ4n) is 3.86. The Morgan fingerprint density at radius 1 is 1.19 bits per heavy atom. The summed E-state index contributed by atoms with van der Waals surface area (Å²) < 4.78 is 12.1. The van der Waals surface area contributed by atoms with Crippen LogP contribution in [0.3, 0.4) is 0 Å². The second-order valence-electron chi connectivity index (χ2n) is 7.56. The molecule has 2 aliphatic rings. The Morgan fingerprint density at radius 3 is 2.84 bits per heavy atom. The van der Waals surface area contributed by atoms with Gasteiger partial charge in [-0.05, 0) is 48.4 Å². The lowest BCUT2D eigenvalue weighted by Crippen LogP contribution is -2.32. The number of allylic oxidation sites excluding steroid dienone is 1. The number of carbonyl (C=O) groups excluding carboxylic acids is 1. The average molecular weight is 453 g/mol. The minimum atomic E-state index is -0.140. The molecule has 156 valence electrons. The summed E-state index contributed by atoms with van der Waals surface area (Å²) >= 11 is 12.4. The van der Waals surface area contributed by atoms with Gasteiger partial charge in [-0.25, -0.2) is 0 Å². The van der Waals surface area contributed by atoms with Crippen molar-refractivity contribution >= 4 is 35.1 Å². The Bertz CT molecular complexity index is 1230. The second-order valence-corrected chi connectivity index (χ2v) is 8.41. The van der Waals surface area contributed by atoms with Crippen molar-refractivity contribution in [1.82, 2.24) is 9.88 Å². The van der Waals surface area contributed by atoms with Crippen molar-refractivity contribution in [3.63, 3.8) is 0 Å². The van der Waals surface area contributed by atoms with Crippen LogP contribution in [0.25, 0.3) is 6.08 Å². The molecule has 3 aromatic rings. The van der Waals surface area contributed by atoms with Gasteiger partial charge in [0, 0.05) is 35.4 Å². The van der Waals surface area contributed by atoms with Crippen LogP contribution in [0.4, 0.5) is 0 Å². The van der Waals surface area contributed by atoms with E-state index < -0.39 is 0 Å². The topological polar surface area (TPSA) is 51.7 Å².